The van der Waals surface area contributed by atoms with Crippen molar-refractivity contribution in [2.24, 2.45) is 5.73 Å². The van der Waals surface area contributed by atoms with Crippen LogP contribution in [0.15, 0.2) is 47.5 Å². The molecule has 1 aromatic heterocycles. The summed E-state index contributed by atoms with van der Waals surface area (Å²) in [6.45, 7) is 0.457. The number of pyridine rings is 1. The molecule has 0 aliphatic rings. The molecule has 6 nitrogen and oxygen atoms in total. The molecule has 0 aliphatic heterocycles. The van der Waals surface area contributed by atoms with Crippen LogP contribution in [0.2, 0.25) is 0 Å². The van der Waals surface area contributed by atoms with Gasteiger partial charge in [0.1, 0.15) is 0 Å². The number of nitrogens with zero attached hydrogens (tertiary/aromatic N) is 1. The van der Waals surface area contributed by atoms with E-state index in [1.165, 1.54) is 13.2 Å². The molecule has 0 bridgehead atoms. The fourth-order valence-corrected chi connectivity index (χ4v) is 2.86. The lowest BCUT2D eigenvalue weighted by Gasteiger charge is -2.08. The van der Waals surface area contributed by atoms with E-state index in [1.807, 2.05) is 0 Å². The number of nitrogens with two attached hydrogens (primary N) is 1. The average Bonchev–Trinajstić information content (AvgIpc) is 2.53. The lowest BCUT2D eigenvalue weighted by atomic mass is 10.2. The monoisotopic (exact) mass is 307 g/mol. The third kappa shape index (κ3) is 4.01. The molecule has 7 heteroatoms. The molecular formula is C14H17N3O3S. The fraction of sp³-hybridized carbons (Fsp3) is 0.214. The van der Waals surface area contributed by atoms with E-state index in [2.05, 4.69) is 9.71 Å². The van der Waals surface area contributed by atoms with E-state index in [1.54, 1.807) is 36.5 Å². The summed E-state index contributed by atoms with van der Waals surface area (Å²) in [4.78, 5) is 4.17. The summed E-state index contributed by atoms with van der Waals surface area (Å²) in [5, 5.41) is 0. The molecule has 112 valence electrons. The molecule has 2 rings (SSSR count). The van der Waals surface area contributed by atoms with Crippen LogP contribution in [-0.2, 0) is 23.1 Å². The predicted molar refractivity (Wildman–Crippen MR) is 79.1 cm³/mol. The number of methoxy groups -OCH3 is 1. The minimum atomic E-state index is -3.58. The van der Waals surface area contributed by atoms with Gasteiger partial charge in [-0.1, -0.05) is 12.1 Å². The van der Waals surface area contributed by atoms with Crippen molar-refractivity contribution in [3.05, 3.63) is 53.7 Å². The molecule has 0 unspecified atom stereocenters. The molecular weight excluding hydrogens is 290 g/mol. The van der Waals surface area contributed by atoms with Crippen LogP contribution < -0.4 is 15.2 Å². The van der Waals surface area contributed by atoms with Crippen LogP contribution in [0.25, 0.3) is 0 Å². The summed E-state index contributed by atoms with van der Waals surface area (Å²) >= 11 is 0. The summed E-state index contributed by atoms with van der Waals surface area (Å²) in [5.74, 6) is 0.442. The number of benzene rings is 1. The van der Waals surface area contributed by atoms with Gasteiger partial charge in [0.05, 0.1) is 12.0 Å². The quantitative estimate of drug-likeness (QED) is 0.831. The number of rotatable bonds is 6. The van der Waals surface area contributed by atoms with Crippen molar-refractivity contribution in [3.8, 4) is 5.88 Å². The second-order valence-electron chi connectivity index (χ2n) is 4.38. The summed E-state index contributed by atoms with van der Waals surface area (Å²) in [7, 11) is -2.07. The molecule has 0 atom stereocenters. The summed E-state index contributed by atoms with van der Waals surface area (Å²) in [6, 6.07) is 9.96. The van der Waals surface area contributed by atoms with Crippen LogP contribution in [0.4, 0.5) is 0 Å². The normalized spacial score (nSPS) is 11.3. The zero-order valence-corrected chi connectivity index (χ0v) is 12.4. The molecule has 0 saturated carbocycles. The Morgan fingerprint density at radius 1 is 1.24 bits per heavy atom. The Balaban J connectivity index is 2.13. The zero-order chi connectivity index (χ0) is 15.3. The van der Waals surface area contributed by atoms with Crippen molar-refractivity contribution >= 4 is 10.0 Å². The van der Waals surface area contributed by atoms with Crippen molar-refractivity contribution in [3.63, 3.8) is 0 Å². The predicted octanol–water partition coefficient (Wildman–Crippen LogP) is 1.03. The van der Waals surface area contributed by atoms with Crippen molar-refractivity contribution in [2.45, 2.75) is 18.0 Å². The molecule has 0 amide bonds. The van der Waals surface area contributed by atoms with Crippen molar-refractivity contribution in [1.82, 2.24) is 9.71 Å². The first-order valence-corrected chi connectivity index (χ1v) is 7.81. The van der Waals surface area contributed by atoms with Crippen LogP contribution in [0.5, 0.6) is 5.88 Å². The van der Waals surface area contributed by atoms with E-state index in [9.17, 15) is 8.42 Å². The van der Waals surface area contributed by atoms with E-state index in [4.69, 9.17) is 10.5 Å². The highest BCUT2D eigenvalue weighted by Crippen LogP contribution is 2.13. The van der Waals surface area contributed by atoms with E-state index in [-0.39, 0.29) is 11.4 Å². The maximum atomic E-state index is 12.2. The lowest BCUT2D eigenvalue weighted by Crippen LogP contribution is -2.23. The van der Waals surface area contributed by atoms with Crippen LogP contribution in [0.1, 0.15) is 11.1 Å². The number of ether oxygens (including phenoxy) is 1. The number of aromatic nitrogens is 1. The van der Waals surface area contributed by atoms with Gasteiger partial charge in [-0.25, -0.2) is 18.1 Å². The third-order valence-electron chi connectivity index (χ3n) is 2.92. The molecule has 21 heavy (non-hydrogen) atoms. The standard InChI is InChI=1S/C14H17N3O3S/c1-20-14-8-12(5-6-16-14)10-17-21(18,19)13-4-2-3-11(7-13)9-15/h2-8,17H,9-10,15H2,1H3. The van der Waals surface area contributed by atoms with Gasteiger partial charge in [0.2, 0.25) is 15.9 Å². The molecule has 3 N–H and O–H groups in total. The van der Waals surface area contributed by atoms with E-state index in [0.717, 1.165) is 11.1 Å². The highest BCUT2D eigenvalue weighted by molar-refractivity contribution is 7.89. The summed E-state index contributed by atoms with van der Waals surface area (Å²) in [5.41, 5.74) is 7.05. The highest BCUT2D eigenvalue weighted by Gasteiger charge is 2.14. The first-order valence-electron chi connectivity index (χ1n) is 6.33. The Hall–Kier alpha value is -1.96. The number of hydrogen-bond acceptors (Lipinski definition) is 5. The zero-order valence-electron chi connectivity index (χ0n) is 11.6. The van der Waals surface area contributed by atoms with Gasteiger partial charge < -0.3 is 10.5 Å². The van der Waals surface area contributed by atoms with E-state index in [0.29, 0.717) is 12.4 Å². The van der Waals surface area contributed by atoms with Gasteiger partial charge in [0.25, 0.3) is 0 Å². The Morgan fingerprint density at radius 3 is 2.76 bits per heavy atom. The van der Waals surface area contributed by atoms with Crippen LogP contribution in [-0.4, -0.2) is 20.5 Å². The molecule has 0 aliphatic carbocycles. The maximum absolute atomic E-state index is 12.2. The number of nitrogens with one attached hydrogen (secondary N) is 1. The highest BCUT2D eigenvalue weighted by atomic mass is 32.2. The van der Waals surface area contributed by atoms with Crippen LogP contribution >= 0.6 is 0 Å². The Morgan fingerprint density at radius 2 is 2.05 bits per heavy atom. The van der Waals surface area contributed by atoms with Gasteiger partial charge in [0.15, 0.2) is 0 Å². The van der Waals surface area contributed by atoms with Gasteiger partial charge in [-0.05, 0) is 29.3 Å². The molecule has 0 saturated heterocycles. The van der Waals surface area contributed by atoms with Gasteiger partial charge in [-0.15, -0.1) is 0 Å². The number of sulfonamides is 1. The van der Waals surface area contributed by atoms with Gasteiger partial charge >= 0.3 is 0 Å². The SMILES string of the molecule is COc1cc(CNS(=O)(=O)c2cccc(CN)c2)ccn1. The Labute approximate surface area is 124 Å². The lowest BCUT2D eigenvalue weighted by molar-refractivity contribution is 0.397. The second-order valence-corrected chi connectivity index (χ2v) is 6.15. The van der Waals surface area contributed by atoms with Crippen molar-refractivity contribution < 1.29 is 13.2 Å². The topological polar surface area (TPSA) is 94.3 Å². The van der Waals surface area contributed by atoms with Crippen LogP contribution in [0, 0.1) is 0 Å². The molecule has 0 fully saturated rings. The Bertz CT molecular complexity index is 717. The first-order chi connectivity index (χ1) is 10.0. The molecule has 1 aromatic carbocycles. The largest absolute Gasteiger partial charge is 0.481 e. The summed E-state index contributed by atoms with van der Waals surface area (Å²) < 4.78 is 32.0. The molecule has 0 radical (unpaired) electrons. The van der Waals surface area contributed by atoms with Crippen molar-refractivity contribution in [1.29, 1.82) is 0 Å². The van der Waals surface area contributed by atoms with Gasteiger partial charge in [0, 0.05) is 25.4 Å². The van der Waals surface area contributed by atoms with E-state index >= 15 is 0 Å². The third-order valence-corrected chi connectivity index (χ3v) is 4.32. The minimum Gasteiger partial charge on any atom is -0.481 e. The number of hydrogen-bond donors (Lipinski definition) is 2. The fourth-order valence-electron chi connectivity index (χ4n) is 1.77. The molecule has 1 heterocycles. The second kappa shape index (κ2) is 6.66. The smallest absolute Gasteiger partial charge is 0.240 e. The first kappa shape index (κ1) is 15.4. The maximum Gasteiger partial charge on any atom is 0.240 e. The van der Waals surface area contributed by atoms with Crippen LogP contribution in [0.3, 0.4) is 0 Å². The minimum absolute atomic E-state index is 0.161. The van der Waals surface area contributed by atoms with Gasteiger partial charge in [-0.2, -0.15) is 0 Å². The van der Waals surface area contributed by atoms with Gasteiger partial charge in [-0.3, -0.25) is 0 Å². The van der Waals surface area contributed by atoms with Crippen molar-refractivity contribution in [2.75, 3.05) is 7.11 Å². The Kier molecular flexibility index (Phi) is 4.89. The van der Waals surface area contributed by atoms with E-state index < -0.39 is 10.0 Å². The summed E-state index contributed by atoms with van der Waals surface area (Å²) in [6.07, 6.45) is 1.57. The molecule has 2 aromatic rings. The average molecular weight is 307 g/mol. The molecule has 0 spiro atoms.